The number of rotatable bonds is 4. The molecule has 1 aliphatic heterocycles. The third-order valence-corrected chi connectivity index (χ3v) is 4.74. The smallest absolute Gasteiger partial charge is 0.407 e. The normalized spacial score (nSPS) is 14.9. The number of carbonyl (C=O) groups is 1. The Morgan fingerprint density at radius 1 is 1.23 bits per heavy atom. The van der Waals surface area contributed by atoms with Gasteiger partial charge in [-0.05, 0) is 42.5 Å². The van der Waals surface area contributed by atoms with Gasteiger partial charge in [-0.1, -0.05) is 23.7 Å². The van der Waals surface area contributed by atoms with Crippen molar-refractivity contribution in [2.24, 2.45) is 0 Å². The standard InChI is InChI=1S/C18H17ClN2O5/c19-16-11-14(21(24)25)4-5-17(16)26-15-3-1-2-13(10-15)12-6-8-20(9-7-12)18(22)23/h1-5,10-12H,6-9H2,(H,22,23). The molecule has 2 aromatic rings. The summed E-state index contributed by atoms with van der Waals surface area (Å²) < 4.78 is 5.78. The number of hydrogen-bond donors (Lipinski definition) is 1. The summed E-state index contributed by atoms with van der Waals surface area (Å²) in [5.74, 6) is 1.19. The molecule has 1 N–H and O–H groups in total. The molecule has 1 saturated heterocycles. The molecule has 0 saturated carbocycles. The van der Waals surface area contributed by atoms with Crippen LogP contribution in [0.3, 0.4) is 0 Å². The van der Waals surface area contributed by atoms with Gasteiger partial charge in [-0.3, -0.25) is 10.1 Å². The number of benzene rings is 2. The van der Waals surface area contributed by atoms with Crippen LogP contribution in [-0.2, 0) is 0 Å². The van der Waals surface area contributed by atoms with Gasteiger partial charge in [0.1, 0.15) is 11.5 Å². The fourth-order valence-corrected chi connectivity index (χ4v) is 3.26. The number of carboxylic acid groups (broad SMARTS) is 1. The van der Waals surface area contributed by atoms with E-state index < -0.39 is 11.0 Å². The summed E-state index contributed by atoms with van der Waals surface area (Å²) in [6.45, 7) is 1.03. The van der Waals surface area contributed by atoms with Crippen LogP contribution in [0.15, 0.2) is 42.5 Å². The molecule has 0 radical (unpaired) electrons. The number of hydrogen-bond acceptors (Lipinski definition) is 4. The number of nitro groups is 1. The molecular formula is C18H17ClN2O5. The quantitative estimate of drug-likeness (QED) is 0.605. The number of halogens is 1. The van der Waals surface area contributed by atoms with E-state index in [1.165, 1.54) is 23.1 Å². The summed E-state index contributed by atoms with van der Waals surface area (Å²) in [7, 11) is 0. The third-order valence-electron chi connectivity index (χ3n) is 4.45. The highest BCUT2D eigenvalue weighted by Crippen LogP contribution is 2.35. The van der Waals surface area contributed by atoms with Gasteiger partial charge in [0.05, 0.1) is 9.95 Å². The summed E-state index contributed by atoms with van der Waals surface area (Å²) in [5.41, 5.74) is 0.979. The molecule has 1 fully saturated rings. The summed E-state index contributed by atoms with van der Waals surface area (Å²) in [4.78, 5) is 22.7. The molecule has 7 nitrogen and oxygen atoms in total. The fourth-order valence-electron chi connectivity index (χ4n) is 3.05. The van der Waals surface area contributed by atoms with E-state index in [2.05, 4.69) is 0 Å². The lowest BCUT2D eigenvalue weighted by Gasteiger charge is -2.30. The van der Waals surface area contributed by atoms with Crippen molar-refractivity contribution in [3.63, 3.8) is 0 Å². The van der Waals surface area contributed by atoms with Crippen LogP contribution in [0.1, 0.15) is 24.3 Å². The van der Waals surface area contributed by atoms with Crippen LogP contribution in [0, 0.1) is 10.1 Å². The van der Waals surface area contributed by atoms with Gasteiger partial charge in [-0.2, -0.15) is 0 Å². The number of likely N-dealkylation sites (tertiary alicyclic amines) is 1. The van der Waals surface area contributed by atoms with Gasteiger partial charge < -0.3 is 14.7 Å². The average molecular weight is 377 g/mol. The Kier molecular flexibility index (Phi) is 5.27. The predicted octanol–water partition coefficient (Wildman–Crippen LogP) is 4.90. The minimum atomic E-state index is -0.881. The molecule has 1 aliphatic rings. The van der Waals surface area contributed by atoms with Gasteiger partial charge in [0, 0.05) is 25.2 Å². The van der Waals surface area contributed by atoms with E-state index in [-0.39, 0.29) is 16.6 Å². The maximum Gasteiger partial charge on any atom is 0.407 e. The Hall–Kier alpha value is -2.80. The second-order valence-electron chi connectivity index (χ2n) is 6.09. The number of nitro benzene ring substituents is 1. The van der Waals surface area contributed by atoms with Gasteiger partial charge in [-0.15, -0.1) is 0 Å². The average Bonchev–Trinajstić information content (AvgIpc) is 2.63. The van der Waals surface area contributed by atoms with E-state index in [4.69, 9.17) is 21.4 Å². The lowest BCUT2D eigenvalue weighted by molar-refractivity contribution is -0.384. The molecule has 3 rings (SSSR count). The molecule has 2 aromatic carbocycles. The number of ether oxygens (including phenoxy) is 1. The van der Waals surface area contributed by atoms with Crippen molar-refractivity contribution in [3.05, 3.63) is 63.2 Å². The second-order valence-corrected chi connectivity index (χ2v) is 6.50. The van der Waals surface area contributed by atoms with E-state index in [0.29, 0.717) is 24.6 Å². The number of piperidine rings is 1. The molecule has 26 heavy (non-hydrogen) atoms. The van der Waals surface area contributed by atoms with Gasteiger partial charge in [0.25, 0.3) is 5.69 Å². The lowest BCUT2D eigenvalue weighted by atomic mass is 9.89. The van der Waals surface area contributed by atoms with Crippen LogP contribution in [0.25, 0.3) is 0 Å². The van der Waals surface area contributed by atoms with Crippen molar-refractivity contribution >= 4 is 23.4 Å². The summed E-state index contributed by atoms with van der Waals surface area (Å²) in [6, 6.07) is 11.6. The van der Waals surface area contributed by atoms with Gasteiger partial charge in [0.2, 0.25) is 0 Å². The molecule has 136 valence electrons. The first-order valence-electron chi connectivity index (χ1n) is 8.13. The van der Waals surface area contributed by atoms with Crippen LogP contribution >= 0.6 is 11.6 Å². The van der Waals surface area contributed by atoms with Crippen LogP contribution in [0.5, 0.6) is 11.5 Å². The maximum absolute atomic E-state index is 11.0. The Balaban J connectivity index is 1.72. The lowest BCUT2D eigenvalue weighted by Crippen LogP contribution is -2.36. The Bertz CT molecular complexity index is 834. The third kappa shape index (κ3) is 4.05. The molecule has 0 aromatic heterocycles. The van der Waals surface area contributed by atoms with Crippen molar-refractivity contribution in [3.8, 4) is 11.5 Å². The Labute approximate surface area is 154 Å². The zero-order valence-electron chi connectivity index (χ0n) is 13.8. The van der Waals surface area contributed by atoms with Crippen molar-refractivity contribution < 1.29 is 19.6 Å². The number of amides is 1. The Morgan fingerprint density at radius 2 is 1.96 bits per heavy atom. The molecule has 1 heterocycles. The SMILES string of the molecule is O=C(O)N1CCC(c2cccc(Oc3ccc([N+](=O)[O-])cc3Cl)c2)CC1. The van der Waals surface area contributed by atoms with E-state index >= 15 is 0 Å². The van der Waals surface area contributed by atoms with Gasteiger partial charge in [-0.25, -0.2) is 4.79 Å². The minimum absolute atomic E-state index is 0.0960. The van der Waals surface area contributed by atoms with E-state index in [1.807, 2.05) is 18.2 Å². The molecule has 0 aliphatic carbocycles. The summed E-state index contributed by atoms with van der Waals surface area (Å²) in [5, 5.41) is 20.0. The van der Waals surface area contributed by atoms with Crippen molar-refractivity contribution in [1.29, 1.82) is 0 Å². The topological polar surface area (TPSA) is 92.9 Å². The molecule has 0 atom stereocenters. The van der Waals surface area contributed by atoms with Crippen LogP contribution in [-0.4, -0.2) is 34.1 Å². The summed E-state index contributed by atoms with van der Waals surface area (Å²) >= 11 is 6.07. The van der Waals surface area contributed by atoms with Crippen molar-refractivity contribution in [1.82, 2.24) is 4.90 Å². The highest BCUT2D eigenvalue weighted by Gasteiger charge is 2.23. The van der Waals surface area contributed by atoms with E-state index in [1.54, 1.807) is 6.07 Å². The number of nitrogens with zero attached hydrogens (tertiary/aromatic N) is 2. The van der Waals surface area contributed by atoms with E-state index in [9.17, 15) is 14.9 Å². The minimum Gasteiger partial charge on any atom is -0.465 e. The van der Waals surface area contributed by atoms with Crippen molar-refractivity contribution in [2.75, 3.05) is 13.1 Å². The number of non-ortho nitro benzene ring substituents is 1. The molecule has 1 amide bonds. The first-order valence-corrected chi connectivity index (χ1v) is 8.51. The molecule has 0 unspecified atom stereocenters. The molecule has 0 spiro atoms. The van der Waals surface area contributed by atoms with Gasteiger partial charge in [0.15, 0.2) is 0 Å². The zero-order chi connectivity index (χ0) is 18.7. The summed E-state index contributed by atoms with van der Waals surface area (Å²) in [6.07, 6.45) is 0.635. The van der Waals surface area contributed by atoms with Gasteiger partial charge >= 0.3 is 6.09 Å². The first kappa shape index (κ1) is 18.0. The fraction of sp³-hybridized carbons (Fsp3) is 0.278. The van der Waals surface area contributed by atoms with Crippen LogP contribution in [0.4, 0.5) is 10.5 Å². The second kappa shape index (κ2) is 7.61. The monoisotopic (exact) mass is 376 g/mol. The predicted molar refractivity (Wildman–Crippen MR) is 96.2 cm³/mol. The zero-order valence-corrected chi connectivity index (χ0v) is 14.6. The van der Waals surface area contributed by atoms with Crippen LogP contribution < -0.4 is 4.74 Å². The van der Waals surface area contributed by atoms with Crippen LogP contribution in [0.2, 0.25) is 5.02 Å². The highest BCUT2D eigenvalue weighted by atomic mass is 35.5. The molecule has 8 heteroatoms. The maximum atomic E-state index is 11.0. The Morgan fingerprint density at radius 3 is 2.58 bits per heavy atom. The molecular weight excluding hydrogens is 360 g/mol. The first-order chi connectivity index (χ1) is 12.4. The van der Waals surface area contributed by atoms with Crippen molar-refractivity contribution in [2.45, 2.75) is 18.8 Å². The highest BCUT2D eigenvalue weighted by molar-refractivity contribution is 6.32. The molecule has 0 bridgehead atoms. The largest absolute Gasteiger partial charge is 0.465 e. The van der Waals surface area contributed by atoms with E-state index in [0.717, 1.165) is 18.4 Å².